The maximum Gasteiger partial charge on any atom is 0.153 e. The Labute approximate surface area is 88.8 Å². The number of hydrogen-bond acceptors (Lipinski definition) is 4. The largest absolute Gasteiger partial charge is 0.496 e. The molecule has 82 valence electrons. The van der Waals surface area contributed by atoms with Crippen molar-refractivity contribution in [1.82, 2.24) is 0 Å². The maximum atomic E-state index is 10.8. The van der Waals surface area contributed by atoms with Crippen LogP contribution >= 0.6 is 0 Å². The Morgan fingerprint density at radius 2 is 1.80 bits per heavy atom. The highest BCUT2D eigenvalue weighted by molar-refractivity contribution is 5.80. The number of aldehydes is 1. The summed E-state index contributed by atoms with van der Waals surface area (Å²) in [6, 6.07) is 3.38. The second-order valence-electron chi connectivity index (χ2n) is 2.96. The van der Waals surface area contributed by atoms with Crippen molar-refractivity contribution >= 4 is 6.29 Å². The van der Waals surface area contributed by atoms with E-state index in [-0.39, 0.29) is 0 Å². The predicted molar refractivity (Wildman–Crippen MR) is 55.6 cm³/mol. The van der Waals surface area contributed by atoms with E-state index in [2.05, 4.69) is 0 Å². The third kappa shape index (κ3) is 2.47. The van der Waals surface area contributed by atoms with Gasteiger partial charge < -0.3 is 14.2 Å². The molecule has 0 saturated carbocycles. The van der Waals surface area contributed by atoms with Gasteiger partial charge in [-0.3, -0.25) is 4.79 Å². The van der Waals surface area contributed by atoms with Gasteiger partial charge in [-0.1, -0.05) is 0 Å². The Morgan fingerprint density at radius 3 is 2.27 bits per heavy atom. The van der Waals surface area contributed by atoms with Gasteiger partial charge in [0.15, 0.2) is 6.29 Å². The van der Waals surface area contributed by atoms with Crippen LogP contribution in [-0.4, -0.2) is 27.6 Å². The maximum absolute atomic E-state index is 10.8. The van der Waals surface area contributed by atoms with Crippen LogP contribution in [0.15, 0.2) is 12.1 Å². The van der Waals surface area contributed by atoms with Gasteiger partial charge in [-0.05, 0) is 12.1 Å². The molecule has 0 heterocycles. The molecule has 4 heteroatoms. The number of ether oxygens (including phenoxy) is 3. The van der Waals surface area contributed by atoms with Crippen molar-refractivity contribution in [2.45, 2.75) is 6.61 Å². The van der Waals surface area contributed by atoms with Gasteiger partial charge in [-0.2, -0.15) is 0 Å². The van der Waals surface area contributed by atoms with Gasteiger partial charge in [-0.15, -0.1) is 0 Å². The molecule has 0 aromatic heterocycles. The van der Waals surface area contributed by atoms with E-state index in [4.69, 9.17) is 14.2 Å². The summed E-state index contributed by atoms with van der Waals surface area (Å²) in [5, 5.41) is 0. The van der Waals surface area contributed by atoms with Gasteiger partial charge in [0.2, 0.25) is 0 Å². The highest BCUT2D eigenvalue weighted by atomic mass is 16.5. The van der Waals surface area contributed by atoms with Crippen LogP contribution in [-0.2, 0) is 11.3 Å². The normalized spacial score (nSPS) is 9.80. The summed E-state index contributed by atoms with van der Waals surface area (Å²) in [4.78, 5) is 10.8. The van der Waals surface area contributed by atoms with Crippen LogP contribution in [0.25, 0.3) is 0 Å². The van der Waals surface area contributed by atoms with Crippen LogP contribution in [0.4, 0.5) is 0 Å². The molecule has 0 aliphatic heterocycles. The van der Waals surface area contributed by atoms with Gasteiger partial charge in [0.05, 0.1) is 26.4 Å². The van der Waals surface area contributed by atoms with E-state index in [0.29, 0.717) is 23.7 Å². The first-order valence-corrected chi connectivity index (χ1v) is 4.45. The molecule has 1 aromatic carbocycles. The zero-order valence-electron chi connectivity index (χ0n) is 9.07. The highest BCUT2D eigenvalue weighted by Crippen LogP contribution is 2.28. The SMILES string of the molecule is COCc1cc(OC)c(C=O)cc1OC. The number of benzene rings is 1. The number of methoxy groups -OCH3 is 3. The third-order valence-corrected chi connectivity index (χ3v) is 2.06. The first-order chi connectivity index (χ1) is 7.26. The monoisotopic (exact) mass is 210 g/mol. The first kappa shape index (κ1) is 11.5. The molecule has 0 unspecified atom stereocenters. The number of rotatable bonds is 5. The molecule has 1 rings (SSSR count). The Balaban J connectivity index is 3.20. The minimum atomic E-state index is 0.415. The summed E-state index contributed by atoms with van der Waals surface area (Å²) < 4.78 is 15.2. The van der Waals surface area contributed by atoms with Crippen LogP contribution in [0.3, 0.4) is 0 Å². The van der Waals surface area contributed by atoms with Crippen LogP contribution in [0, 0.1) is 0 Å². The van der Waals surface area contributed by atoms with E-state index >= 15 is 0 Å². The lowest BCUT2D eigenvalue weighted by atomic mass is 10.1. The van der Waals surface area contributed by atoms with Gasteiger partial charge >= 0.3 is 0 Å². The zero-order valence-corrected chi connectivity index (χ0v) is 9.07. The predicted octanol–water partition coefficient (Wildman–Crippen LogP) is 1.66. The molecular formula is C11H14O4. The molecule has 0 amide bonds. The number of carbonyl (C=O) groups is 1. The van der Waals surface area contributed by atoms with Crippen LogP contribution < -0.4 is 9.47 Å². The fourth-order valence-corrected chi connectivity index (χ4v) is 1.34. The Hall–Kier alpha value is -1.55. The molecule has 0 N–H and O–H groups in total. The van der Waals surface area contributed by atoms with E-state index in [9.17, 15) is 4.79 Å². The average molecular weight is 210 g/mol. The molecule has 0 fully saturated rings. The molecule has 0 aliphatic carbocycles. The lowest BCUT2D eigenvalue weighted by Gasteiger charge is -2.11. The molecule has 0 radical (unpaired) electrons. The second-order valence-corrected chi connectivity index (χ2v) is 2.96. The summed E-state index contributed by atoms with van der Waals surface area (Å²) in [7, 11) is 4.67. The number of hydrogen-bond donors (Lipinski definition) is 0. The van der Waals surface area contributed by atoms with Crippen molar-refractivity contribution in [2.75, 3.05) is 21.3 Å². The van der Waals surface area contributed by atoms with E-state index in [0.717, 1.165) is 11.8 Å². The van der Waals surface area contributed by atoms with Crippen molar-refractivity contribution in [3.05, 3.63) is 23.3 Å². The minimum Gasteiger partial charge on any atom is -0.496 e. The molecule has 0 saturated heterocycles. The molecule has 0 atom stereocenters. The Morgan fingerprint density at radius 1 is 1.13 bits per heavy atom. The lowest BCUT2D eigenvalue weighted by Crippen LogP contribution is -1.98. The summed E-state index contributed by atoms with van der Waals surface area (Å²) in [5.74, 6) is 1.15. The van der Waals surface area contributed by atoms with E-state index < -0.39 is 0 Å². The Bertz CT molecular complexity index is 347. The van der Waals surface area contributed by atoms with Crippen molar-refractivity contribution in [2.24, 2.45) is 0 Å². The quantitative estimate of drug-likeness (QED) is 0.693. The molecular weight excluding hydrogens is 196 g/mol. The molecule has 0 aliphatic rings. The van der Waals surface area contributed by atoms with Crippen LogP contribution in [0.2, 0.25) is 0 Å². The molecule has 0 spiro atoms. The average Bonchev–Trinajstić information content (AvgIpc) is 2.28. The van der Waals surface area contributed by atoms with Crippen molar-refractivity contribution in [1.29, 1.82) is 0 Å². The fraction of sp³-hybridized carbons (Fsp3) is 0.364. The molecule has 1 aromatic rings. The van der Waals surface area contributed by atoms with Gasteiger partial charge in [-0.25, -0.2) is 0 Å². The van der Waals surface area contributed by atoms with E-state index in [1.807, 2.05) is 0 Å². The van der Waals surface area contributed by atoms with Crippen LogP contribution in [0.5, 0.6) is 11.5 Å². The lowest BCUT2D eigenvalue weighted by molar-refractivity contribution is 0.112. The molecule has 0 bridgehead atoms. The standard InChI is InChI=1S/C11H14O4/c1-13-7-9-5-10(14-2)8(6-12)4-11(9)15-3/h4-6H,7H2,1-3H3. The van der Waals surface area contributed by atoms with Crippen molar-refractivity contribution in [3.8, 4) is 11.5 Å². The van der Waals surface area contributed by atoms with E-state index in [1.165, 1.54) is 7.11 Å². The van der Waals surface area contributed by atoms with Crippen LogP contribution in [0.1, 0.15) is 15.9 Å². The highest BCUT2D eigenvalue weighted by Gasteiger charge is 2.10. The Kier molecular flexibility index (Phi) is 4.12. The first-order valence-electron chi connectivity index (χ1n) is 4.45. The van der Waals surface area contributed by atoms with Crippen molar-refractivity contribution in [3.63, 3.8) is 0 Å². The summed E-state index contributed by atoms with van der Waals surface area (Å²) in [5.41, 5.74) is 1.32. The van der Waals surface area contributed by atoms with E-state index in [1.54, 1.807) is 26.4 Å². The summed E-state index contributed by atoms with van der Waals surface area (Å²) >= 11 is 0. The van der Waals surface area contributed by atoms with Gasteiger partial charge in [0.25, 0.3) is 0 Å². The zero-order chi connectivity index (χ0) is 11.3. The smallest absolute Gasteiger partial charge is 0.153 e. The van der Waals surface area contributed by atoms with Crippen molar-refractivity contribution < 1.29 is 19.0 Å². The van der Waals surface area contributed by atoms with Gasteiger partial charge in [0, 0.05) is 12.7 Å². The van der Waals surface area contributed by atoms with Gasteiger partial charge in [0.1, 0.15) is 11.5 Å². The minimum absolute atomic E-state index is 0.415. The topological polar surface area (TPSA) is 44.8 Å². The summed E-state index contributed by atoms with van der Waals surface area (Å²) in [6.45, 7) is 0.415. The second kappa shape index (κ2) is 5.36. The molecule has 15 heavy (non-hydrogen) atoms. The molecule has 4 nitrogen and oxygen atoms in total. The summed E-state index contributed by atoms with van der Waals surface area (Å²) in [6.07, 6.45) is 0.734. The third-order valence-electron chi connectivity index (χ3n) is 2.06. The number of carbonyl (C=O) groups excluding carboxylic acids is 1. The fourth-order valence-electron chi connectivity index (χ4n) is 1.34.